The zero-order valence-corrected chi connectivity index (χ0v) is 11.2. The Morgan fingerprint density at radius 3 is 2.50 bits per heavy atom. The van der Waals surface area contributed by atoms with Crippen LogP contribution in [0.25, 0.3) is 0 Å². The third-order valence-corrected chi connectivity index (χ3v) is 2.77. The largest absolute Gasteiger partial charge is 0.493 e. The Morgan fingerprint density at radius 1 is 1.28 bits per heavy atom. The summed E-state index contributed by atoms with van der Waals surface area (Å²) >= 11 is 0. The van der Waals surface area contributed by atoms with E-state index in [4.69, 9.17) is 15.2 Å². The minimum Gasteiger partial charge on any atom is -0.493 e. The molecule has 0 spiro atoms. The molecule has 0 saturated carbocycles. The van der Waals surface area contributed by atoms with E-state index in [0.717, 1.165) is 12.8 Å². The number of Topliss-reactive ketones (excluding diaryl/α,β-unsaturated/α-hetero) is 1. The maximum atomic E-state index is 12.0. The summed E-state index contributed by atoms with van der Waals surface area (Å²) in [5.41, 5.74) is 6.30. The summed E-state index contributed by atoms with van der Waals surface area (Å²) in [6.45, 7) is 1.95. The molecule has 1 aromatic carbocycles. The number of hydrogen-bond donors (Lipinski definition) is 1. The van der Waals surface area contributed by atoms with Crippen LogP contribution in [0, 0.1) is 0 Å². The molecule has 1 unspecified atom stereocenters. The Balaban J connectivity index is 2.68. The van der Waals surface area contributed by atoms with Crippen molar-refractivity contribution in [3.8, 4) is 11.5 Å². The molecule has 18 heavy (non-hydrogen) atoms. The molecule has 0 aliphatic carbocycles. The van der Waals surface area contributed by atoms with Crippen molar-refractivity contribution < 1.29 is 14.3 Å². The number of carbonyl (C=O) groups excluding carboxylic acids is 1. The van der Waals surface area contributed by atoms with E-state index in [1.165, 1.54) is 0 Å². The van der Waals surface area contributed by atoms with Crippen LogP contribution in [0.15, 0.2) is 18.2 Å². The number of ether oxygens (including phenoxy) is 2. The average molecular weight is 251 g/mol. The Bertz CT molecular complexity index is 402. The third kappa shape index (κ3) is 4.04. The van der Waals surface area contributed by atoms with Gasteiger partial charge in [-0.05, 0) is 38.0 Å². The normalized spacial score (nSPS) is 12.0. The van der Waals surface area contributed by atoms with Gasteiger partial charge in [0.15, 0.2) is 17.3 Å². The van der Waals surface area contributed by atoms with Crippen molar-refractivity contribution >= 4 is 5.78 Å². The highest BCUT2D eigenvalue weighted by Crippen LogP contribution is 2.28. The maximum Gasteiger partial charge on any atom is 0.163 e. The van der Waals surface area contributed by atoms with Gasteiger partial charge in [0.1, 0.15) is 0 Å². The standard InChI is InChI=1S/C14H21NO3/c1-10(15)5-4-6-12(16)11-7-8-13(17-2)14(9-11)18-3/h7-10H,4-6,15H2,1-3H3. The topological polar surface area (TPSA) is 61.5 Å². The minimum absolute atomic E-state index is 0.108. The van der Waals surface area contributed by atoms with Crippen molar-refractivity contribution in [3.63, 3.8) is 0 Å². The zero-order valence-electron chi connectivity index (χ0n) is 11.2. The van der Waals surface area contributed by atoms with E-state index in [9.17, 15) is 4.79 Å². The summed E-state index contributed by atoms with van der Waals surface area (Å²) in [5, 5.41) is 0. The van der Waals surface area contributed by atoms with Gasteiger partial charge in [-0.15, -0.1) is 0 Å². The number of benzene rings is 1. The molecule has 100 valence electrons. The Labute approximate surface area is 108 Å². The highest BCUT2D eigenvalue weighted by molar-refractivity contribution is 5.96. The first kappa shape index (κ1) is 14.5. The molecular formula is C14H21NO3. The Hall–Kier alpha value is -1.55. The summed E-state index contributed by atoms with van der Waals surface area (Å²) in [5.74, 6) is 1.32. The second kappa shape index (κ2) is 7.01. The molecule has 0 aliphatic heterocycles. The lowest BCUT2D eigenvalue weighted by atomic mass is 10.0. The number of hydrogen-bond acceptors (Lipinski definition) is 4. The number of carbonyl (C=O) groups is 1. The Morgan fingerprint density at radius 2 is 1.94 bits per heavy atom. The molecule has 0 amide bonds. The minimum atomic E-state index is 0.108. The first-order valence-electron chi connectivity index (χ1n) is 6.09. The first-order chi connectivity index (χ1) is 8.58. The van der Waals surface area contributed by atoms with Crippen LogP contribution in [0.4, 0.5) is 0 Å². The molecule has 1 aromatic rings. The van der Waals surface area contributed by atoms with Gasteiger partial charge in [0.05, 0.1) is 14.2 Å². The fourth-order valence-corrected chi connectivity index (χ4v) is 1.74. The van der Waals surface area contributed by atoms with Crippen molar-refractivity contribution in [1.29, 1.82) is 0 Å². The van der Waals surface area contributed by atoms with E-state index >= 15 is 0 Å². The second-order valence-electron chi connectivity index (χ2n) is 4.36. The predicted molar refractivity (Wildman–Crippen MR) is 71.4 cm³/mol. The smallest absolute Gasteiger partial charge is 0.163 e. The van der Waals surface area contributed by atoms with Gasteiger partial charge in [-0.1, -0.05) is 0 Å². The highest BCUT2D eigenvalue weighted by Gasteiger charge is 2.10. The lowest BCUT2D eigenvalue weighted by molar-refractivity contribution is 0.0978. The molecule has 0 aliphatic rings. The van der Waals surface area contributed by atoms with Crippen LogP contribution < -0.4 is 15.2 Å². The molecule has 4 nitrogen and oxygen atoms in total. The molecule has 0 aromatic heterocycles. The second-order valence-corrected chi connectivity index (χ2v) is 4.36. The van der Waals surface area contributed by atoms with Gasteiger partial charge in [-0.25, -0.2) is 0 Å². The summed E-state index contributed by atoms with van der Waals surface area (Å²) in [7, 11) is 3.13. The quantitative estimate of drug-likeness (QED) is 0.756. The van der Waals surface area contributed by atoms with Crippen LogP contribution in [0.5, 0.6) is 11.5 Å². The fraction of sp³-hybridized carbons (Fsp3) is 0.500. The van der Waals surface area contributed by atoms with Crippen LogP contribution >= 0.6 is 0 Å². The van der Waals surface area contributed by atoms with Gasteiger partial charge in [0.2, 0.25) is 0 Å². The zero-order chi connectivity index (χ0) is 13.5. The van der Waals surface area contributed by atoms with Gasteiger partial charge < -0.3 is 15.2 Å². The molecule has 1 rings (SSSR count). The number of methoxy groups -OCH3 is 2. The predicted octanol–water partition coefficient (Wildman–Crippen LogP) is 2.40. The van der Waals surface area contributed by atoms with Crippen LogP contribution in [0.2, 0.25) is 0 Å². The van der Waals surface area contributed by atoms with Crippen LogP contribution in [0.1, 0.15) is 36.5 Å². The summed E-state index contributed by atoms with van der Waals surface area (Å²) < 4.78 is 10.3. The van der Waals surface area contributed by atoms with Gasteiger partial charge in [-0.2, -0.15) is 0 Å². The van der Waals surface area contributed by atoms with Gasteiger partial charge in [0, 0.05) is 18.0 Å². The maximum absolute atomic E-state index is 12.0. The van der Waals surface area contributed by atoms with Crippen molar-refractivity contribution in [1.82, 2.24) is 0 Å². The van der Waals surface area contributed by atoms with Gasteiger partial charge in [0.25, 0.3) is 0 Å². The average Bonchev–Trinajstić information content (AvgIpc) is 2.37. The van der Waals surface area contributed by atoms with Crippen LogP contribution in [-0.2, 0) is 0 Å². The van der Waals surface area contributed by atoms with E-state index in [1.54, 1.807) is 32.4 Å². The highest BCUT2D eigenvalue weighted by atomic mass is 16.5. The van der Waals surface area contributed by atoms with E-state index in [2.05, 4.69) is 0 Å². The van der Waals surface area contributed by atoms with Crippen LogP contribution in [-0.4, -0.2) is 26.0 Å². The van der Waals surface area contributed by atoms with Crippen molar-refractivity contribution in [2.24, 2.45) is 5.73 Å². The number of rotatable bonds is 7. The molecule has 0 heterocycles. The monoisotopic (exact) mass is 251 g/mol. The van der Waals surface area contributed by atoms with Crippen LogP contribution in [0.3, 0.4) is 0 Å². The lowest BCUT2D eigenvalue weighted by Gasteiger charge is -2.09. The molecule has 0 radical (unpaired) electrons. The van der Waals surface area contributed by atoms with E-state index in [1.807, 2.05) is 6.92 Å². The van der Waals surface area contributed by atoms with Crippen molar-refractivity contribution in [2.75, 3.05) is 14.2 Å². The lowest BCUT2D eigenvalue weighted by Crippen LogP contribution is -2.14. The molecule has 0 saturated heterocycles. The van der Waals surface area contributed by atoms with Gasteiger partial charge in [-0.3, -0.25) is 4.79 Å². The van der Waals surface area contributed by atoms with E-state index in [-0.39, 0.29) is 11.8 Å². The molecule has 0 fully saturated rings. The molecule has 2 N–H and O–H groups in total. The summed E-state index contributed by atoms with van der Waals surface area (Å²) in [6, 6.07) is 5.36. The molecule has 4 heteroatoms. The number of ketones is 1. The van der Waals surface area contributed by atoms with Gasteiger partial charge >= 0.3 is 0 Å². The van der Waals surface area contributed by atoms with E-state index in [0.29, 0.717) is 23.5 Å². The Kier molecular flexibility index (Phi) is 5.65. The van der Waals surface area contributed by atoms with E-state index < -0.39 is 0 Å². The summed E-state index contributed by atoms with van der Waals surface area (Å²) in [6.07, 6.45) is 2.18. The fourth-order valence-electron chi connectivity index (χ4n) is 1.74. The van der Waals surface area contributed by atoms with Crippen molar-refractivity contribution in [3.05, 3.63) is 23.8 Å². The third-order valence-electron chi connectivity index (χ3n) is 2.77. The first-order valence-corrected chi connectivity index (χ1v) is 6.09. The SMILES string of the molecule is COc1ccc(C(=O)CCCC(C)N)cc1OC. The molecular weight excluding hydrogens is 230 g/mol. The molecule has 0 bridgehead atoms. The number of nitrogens with two attached hydrogens (primary N) is 1. The van der Waals surface area contributed by atoms with Crippen molar-refractivity contribution in [2.45, 2.75) is 32.2 Å². The molecule has 1 atom stereocenters. The summed E-state index contributed by atoms with van der Waals surface area (Å²) in [4.78, 5) is 12.0.